The van der Waals surface area contributed by atoms with E-state index in [9.17, 15) is 0 Å². The second-order valence-corrected chi connectivity index (χ2v) is 6.06. The van der Waals surface area contributed by atoms with E-state index >= 15 is 0 Å². The molecule has 0 amide bonds. The Kier molecular flexibility index (Phi) is 4.16. The van der Waals surface area contributed by atoms with Crippen molar-refractivity contribution in [1.29, 1.82) is 5.41 Å². The Morgan fingerprint density at radius 3 is 2.43 bits per heavy atom. The van der Waals surface area contributed by atoms with Crippen molar-refractivity contribution in [3.8, 4) is 0 Å². The van der Waals surface area contributed by atoms with E-state index in [1.807, 2.05) is 30.3 Å². The van der Waals surface area contributed by atoms with Gasteiger partial charge >= 0.3 is 0 Å². The summed E-state index contributed by atoms with van der Waals surface area (Å²) in [6.07, 6.45) is 5.21. The van der Waals surface area contributed by atoms with Crippen molar-refractivity contribution in [2.75, 3.05) is 6.16 Å². The van der Waals surface area contributed by atoms with Gasteiger partial charge in [0.15, 0.2) is 0 Å². The first-order valence-corrected chi connectivity index (χ1v) is 6.84. The Balaban J connectivity index is 2.72. The van der Waals surface area contributed by atoms with Crippen LogP contribution in [0.1, 0.15) is 19.4 Å². The second kappa shape index (κ2) is 5.17. The molecule has 1 aromatic rings. The molecule has 1 nitrogen and oxygen atoms in total. The summed E-state index contributed by atoms with van der Waals surface area (Å²) in [4.78, 5) is 0. The Bertz CT molecular complexity index is 327. The third-order valence-corrected chi connectivity index (χ3v) is 4.38. The number of hydrogen-bond donors (Lipinski definition) is 1. The lowest BCUT2D eigenvalue weighted by Crippen LogP contribution is -1.99. The van der Waals surface area contributed by atoms with Crippen LogP contribution in [0.5, 0.6) is 0 Å². The summed E-state index contributed by atoms with van der Waals surface area (Å²) in [6, 6.07) is 9.94. The first-order chi connectivity index (χ1) is 6.61. The predicted molar refractivity (Wildman–Crippen MR) is 68.4 cm³/mol. The van der Waals surface area contributed by atoms with Gasteiger partial charge in [-0.15, -0.1) is 0 Å². The van der Waals surface area contributed by atoms with E-state index in [1.165, 1.54) is 0 Å². The van der Waals surface area contributed by atoms with Crippen LogP contribution in [-0.4, -0.2) is 17.9 Å². The molecule has 76 valence electrons. The summed E-state index contributed by atoms with van der Waals surface area (Å²) in [5.74, 6) is 0.644. The molecular weight excluding hydrogens is 189 g/mol. The van der Waals surface area contributed by atoms with Gasteiger partial charge in [0, 0.05) is 0 Å². The zero-order chi connectivity index (χ0) is 10.6. The molecule has 2 heteroatoms. The fraction of sp³-hybridized carbons (Fsp3) is 0.333. The molecule has 0 saturated carbocycles. The van der Waals surface area contributed by atoms with Crippen LogP contribution in [0.15, 0.2) is 30.3 Å². The average Bonchev–Trinajstić information content (AvgIpc) is 2.17. The molecule has 1 atom stereocenters. The van der Waals surface area contributed by atoms with Crippen molar-refractivity contribution in [3.05, 3.63) is 35.9 Å². The lowest BCUT2D eigenvalue weighted by molar-refractivity contribution is 0.749. The molecule has 1 aromatic carbocycles. The molecule has 0 fully saturated rings. The normalized spacial score (nSPS) is 12.8. The SMILES string of the molecule is C=[PH](CC(C)C)C(=N)c1ccccc1. The van der Waals surface area contributed by atoms with E-state index in [1.54, 1.807) is 0 Å². The van der Waals surface area contributed by atoms with Crippen LogP contribution >= 0.6 is 7.55 Å². The third-order valence-electron chi connectivity index (χ3n) is 2.07. The van der Waals surface area contributed by atoms with Gasteiger partial charge in [0.2, 0.25) is 0 Å². The number of hydrogen-bond acceptors (Lipinski definition) is 1. The Labute approximate surface area is 87.1 Å². The number of benzene rings is 1. The van der Waals surface area contributed by atoms with Crippen LogP contribution in [0.4, 0.5) is 0 Å². The topological polar surface area (TPSA) is 23.9 Å². The van der Waals surface area contributed by atoms with Crippen molar-refractivity contribution < 1.29 is 0 Å². The molecule has 0 spiro atoms. The number of nitrogens with one attached hydrogen (secondary N) is 1. The van der Waals surface area contributed by atoms with Crippen LogP contribution in [0, 0.1) is 11.3 Å². The van der Waals surface area contributed by atoms with Crippen LogP contribution < -0.4 is 0 Å². The first-order valence-electron chi connectivity index (χ1n) is 4.93. The quantitative estimate of drug-likeness (QED) is 0.578. The van der Waals surface area contributed by atoms with Gasteiger partial charge in [0.1, 0.15) is 0 Å². The van der Waals surface area contributed by atoms with Crippen molar-refractivity contribution in [1.82, 2.24) is 0 Å². The molecular formula is C12H18NP. The highest BCUT2D eigenvalue weighted by molar-refractivity contribution is 7.73. The molecule has 0 aromatic heterocycles. The Hall–Kier alpha value is -0.810. The molecule has 1 unspecified atom stereocenters. The van der Waals surface area contributed by atoms with Gasteiger partial charge in [0.25, 0.3) is 0 Å². The summed E-state index contributed by atoms with van der Waals surface area (Å²) in [5, 5.41) is 8.01. The van der Waals surface area contributed by atoms with Crippen molar-refractivity contribution in [2.24, 2.45) is 5.92 Å². The minimum Gasteiger partial charge on any atom is -0.300 e. The van der Waals surface area contributed by atoms with E-state index in [2.05, 4.69) is 20.1 Å². The van der Waals surface area contributed by atoms with E-state index in [-0.39, 0.29) is 0 Å². The fourth-order valence-electron chi connectivity index (χ4n) is 1.40. The molecule has 0 aliphatic heterocycles. The predicted octanol–water partition coefficient (Wildman–Crippen LogP) is 3.31. The second-order valence-electron chi connectivity index (χ2n) is 3.94. The highest BCUT2D eigenvalue weighted by Gasteiger charge is 2.05. The fourth-order valence-corrected chi connectivity index (χ4v) is 3.17. The van der Waals surface area contributed by atoms with Crippen LogP contribution in [0.3, 0.4) is 0 Å². The van der Waals surface area contributed by atoms with E-state index < -0.39 is 7.55 Å². The van der Waals surface area contributed by atoms with Crippen molar-refractivity contribution >= 4 is 19.3 Å². The summed E-state index contributed by atoms with van der Waals surface area (Å²) in [6.45, 7) is 4.38. The molecule has 1 rings (SSSR count). The molecule has 0 heterocycles. The first kappa shape index (κ1) is 11.3. The summed E-state index contributed by atoms with van der Waals surface area (Å²) in [7, 11) is -0.886. The van der Waals surface area contributed by atoms with Crippen LogP contribution in [0.25, 0.3) is 0 Å². The highest BCUT2D eigenvalue weighted by Crippen LogP contribution is 2.28. The van der Waals surface area contributed by atoms with E-state index in [0.29, 0.717) is 5.92 Å². The largest absolute Gasteiger partial charge is 0.300 e. The third kappa shape index (κ3) is 3.16. The van der Waals surface area contributed by atoms with Crippen molar-refractivity contribution in [3.63, 3.8) is 0 Å². The smallest absolute Gasteiger partial charge is 0.0574 e. The molecule has 0 radical (unpaired) electrons. The van der Waals surface area contributed by atoms with Crippen LogP contribution in [0.2, 0.25) is 0 Å². The van der Waals surface area contributed by atoms with Gasteiger partial charge in [0.05, 0.1) is 5.45 Å². The highest BCUT2D eigenvalue weighted by atomic mass is 31.1. The monoisotopic (exact) mass is 207 g/mol. The summed E-state index contributed by atoms with van der Waals surface area (Å²) >= 11 is 0. The van der Waals surface area contributed by atoms with Crippen LogP contribution in [-0.2, 0) is 0 Å². The van der Waals surface area contributed by atoms with Gasteiger partial charge in [-0.3, -0.25) is 0 Å². The molecule has 14 heavy (non-hydrogen) atoms. The molecule has 1 N–H and O–H groups in total. The zero-order valence-corrected chi connectivity index (χ0v) is 9.88. The summed E-state index contributed by atoms with van der Waals surface area (Å²) in [5.41, 5.74) is 1.79. The van der Waals surface area contributed by atoms with E-state index in [4.69, 9.17) is 5.41 Å². The molecule has 0 saturated heterocycles. The minimum absolute atomic E-state index is 0.644. The maximum Gasteiger partial charge on any atom is 0.0574 e. The standard InChI is InChI=1S/C12H18NP/c1-10(2)9-14(3)12(13)11-7-5-4-6-8-11/h4-8,10,13-14H,3,9H2,1-2H3. The van der Waals surface area contributed by atoms with Gasteiger partial charge in [-0.25, -0.2) is 0 Å². The van der Waals surface area contributed by atoms with Gasteiger partial charge in [-0.05, 0) is 17.6 Å². The van der Waals surface area contributed by atoms with Gasteiger partial charge < -0.3 is 5.41 Å². The maximum atomic E-state index is 8.01. The van der Waals surface area contributed by atoms with E-state index in [0.717, 1.165) is 17.2 Å². The van der Waals surface area contributed by atoms with Gasteiger partial charge in [-0.2, -0.15) is 0 Å². The average molecular weight is 207 g/mol. The lowest BCUT2D eigenvalue weighted by atomic mass is 10.2. The minimum atomic E-state index is -0.886. The molecule has 0 aliphatic carbocycles. The Morgan fingerprint density at radius 2 is 1.93 bits per heavy atom. The summed E-state index contributed by atoms with van der Waals surface area (Å²) < 4.78 is 0. The molecule has 0 bridgehead atoms. The maximum absolute atomic E-state index is 8.01. The molecule has 0 aliphatic rings. The number of rotatable bonds is 4. The Morgan fingerprint density at radius 1 is 1.36 bits per heavy atom. The lowest BCUT2D eigenvalue weighted by Gasteiger charge is -2.11. The zero-order valence-electron chi connectivity index (χ0n) is 8.88. The van der Waals surface area contributed by atoms with Gasteiger partial charge in [-0.1, -0.05) is 58.0 Å². The van der Waals surface area contributed by atoms with Crippen molar-refractivity contribution in [2.45, 2.75) is 13.8 Å².